The third kappa shape index (κ3) is 2.11. The van der Waals surface area contributed by atoms with Crippen LogP contribution in [0.1, 0.15) is 63.1 Å². The molecule has 0 aromatic carbocycles. The minimum absolute atomic E-state index is 0.517. The Morgan fingerprint density at radius 2 is 2.00 bits per heavy atom. The van der Waals surface area contributed by atoms with E-state index in [1.807, 2.05) is 6.20 Å². The molecule has 2 saturated carbocycles. The molecule has 20 heavy (non-hydrogen) atoms. The van der Waals surface area contributed by atoms with E-state index in [9.17, 15) is 0 Å². The molecule has 2 fully saturated rings. The number of anilines is 1. The van der Waals surface area contributed by atoms with Crippen LogP contribution in [0.2, 0.25) is 0 Å². The largest absolute Gasteiger partial charge is 0.351 e. The van der Waals surface area contributed by atoms with Gasteiger partial charge in [0.15, 0.2) is 0 Å². The van der Waals surface area contributed by atoms with Gasteiger partial charge in [-0.15, -0.1) is 0 Å². The number of fused-ring (bicyclic) bond motifs is 1. The minimum Gasteiger partial charge on any atom is -0.351 e. The van der Waals surface area contributed by atoms with E-state index in [1.165, 1.54) is 56.2 Å². The second kappa shape index (κ2) is 4.71. The van der Waals surface area contributed by atoms with Crippen LogP contribution in [-0.2, 0) is 12.8 Å². The molecular formula is C17H25N3. The summed E-state index contributed by atoms with van der Waals surface area (Å²) >= 11 is 0. The van der Waals surface area contributed by atoms with Gasteiger partial charge < -0.3 is 5.32 Å². The van der Waals surface area contributed by atoms with E-state index in [2.05, 4.69) is 17.2 Å². The average molecular weight is 271 g/mol. The molecule has 1 spiro atoms. The first-order chi connectivity index (χ1) is 9.74. The third-order valence-electron chi connectivity index (χ3n) is 5.93. The first kappa shape index (κ1) is 12.6. The van der Waals surface area contributed by atoms with E-state index in [0.29, 0.717) is 6.04 Å². The van der Waals surface area contributed by atoms with Crippen LogP contribution in [-0.4, -0.2) is 16.0 Å². The summed E-state index contributed by atoms with van der Waals surface area (Å²) in [6.07, 6.45) is 14.2. The Morgan fingerprint density at radius 1 is 1.20 bits per heavy atom. The number of nitrogens with one attached hydrogen (secondary N) is 1. The van der Waals surface area contributed by atoms with Gasteiger partial charge in [-0.3, -0.25) is 0 Å². The lowest BCUT2D eigenvalue weighted by Crippen LogP contribution is -2.48. The third-order valence-corrected chi connectivity index (χ3v) is 5.93. The molecule has 3 aliphatic carbocycles. The average Bonchev–Trinajstić information content (AvgIpc) is 2.35. The smallest absolute Gasteiger partial charge is 0.223 e. The van der Waals surface area contributed by atoms with Crippen LogP contribution in [0.15, 0.2) is 6.20 Å². The molecular weight excluding hydrogens is 246 g/mol. The zero-order valence-electron chi connectivity index (χ0n) is 12.5. The van der Waals surface area contributed by atoms with Gasteiger partial charge in [0, 0.05) is 17.9 Å². The topological polar surface area (TPSA) is 37.8 Å². The summed E-state index contributed by atoms with van der Waals surface area (Å²) in [5.74, 6) is 1.68. The molecule has 1 unspecified atom stereocenters. The Hall–Kier alpha value is -1.12. The van der Waals surface area contributed by atoms with Gasteiger partial charge >= 0.3 is 0 Å². The number of nitrogens with zero attached hydrogens (tertiary/aromatic N) is 2. The molecule has 0 aliphatic heterocycles. The highest BCUT2D eigenvalue weighted by atomic mass is 15.1. The van der Waals surface area contributed by atoms with Crippen molar-refractivity contribution in [3.05, 3.63) is 17.5 Å². The molecule has 3 heteroatoms. The van der Waals surface area contributed by atoms with Gasteiger partial charge in [0.1, 0.15) is 0 Å². The summed E-state index contributed by atoms with van der Waals surface area (Å²) in [7, 11) is 0. The number of aromatic nitrogens is 2. The van der Waals surface area contributed by atoms with Crippen molar-refractivity contribution in [1.29, 1.82) is 0 Å². The summed E-state index contributed by atoms with van der Waals surface area (Å²) in [5, 5.41) is 3.56. The van der Waals surface area contributed by atoms with Gasteiger partial charge in [-0.05, 0) is 75.2 Å². The fourth-order valence-electron chi connectivity index (χ4n) is 4.36. The van der Waals surface area contributed by atoms with Gasteiger partial charge in [0.25, 0.3) is 0 Å². The normalized spacial score (nSPS) is 25.4. The van der Waals surface area contributed by atoms with Gasteiger partial charge in [-0.25, -0.2) is 9.97 Å². The lowest BCUT2D eigenvalue weighted by Gasteiger charge is -2.56. The first-order valence-corrected chi connectivity index (χ1v) is 8.35. The molecule has 3 aliphatic rings. The van der Waals surface area contributed by atoms with Crippen molar-refractivity contribution < 1.29 is 0 Å². The molecule has 4 rings (SSSR count). The van der Waals surface area contributed by atoms with Gasteiger partial charge in [-0.2, -0.15) is 0 Å². The molecule has 0 saturated heterocycles. The lowest BCUT2D eigenvalue weighted by atomic mass is 9.50. The molecule has 0 radical (unpaired) electrons. The van der Waals surface area contributed by atoms with E-state index in [-0.39, 0.29) is 0 Å². The highest BCUT2D eigenvalue weighted by molar-refractivity contribution is 5.32. The molecule has 108 valence electrons. The fraction of sp³-hybridized carbons (Fsp3) is 0.765. The van der Waals surface area contributed by atoms with E-state index < -0.39 is 0 Å². The number of aryl methyl sites for hydroxylation is 2. The number of rotatable bonds is 3. The second-order valence-electron chi connectivity index (χ2n) is 7.33. The number of hydrogen-bond donors (Lipinski definition) is 1. The maximum Gasteiger partial charge on any atom is 0.223 e. The van der Waals surface area contributed by atoms with Crippen molar-refractivity contribution >= 4 is 5.95 Å². The van der Waals surface area contributed by atoms with Crippen LogP contribution in [0.4, 0.5) is 5.95 Å². The Morgan fingerprint density at radius 3 is 2.75 bits per heavy atom. The molecule has 0 bridgehead atoms. The Kier molecular flexibility index (Phi) is 2.97. The quantitative estimate of drug-likeness (QED) is 0.910. The van der Waals surface area contributed by atoms with Crippen LogP contribution >= 0.6 is 0 Å². The van der Waals surface area contributed by atoms with E-state index in [4.69, 9.17) is 4.98 Å². The number of hydrogen-bond acceptors (Lipinski definition) is 3. The first-order valence-electron chi connectivity index (χ1n) is 8.35. The summed E-state index contributed by atoms with van der Waals surface area (Å²) in [6.45, 7) is 2.30. The summed E-state index contributed by atoms with van der Waals surface area (Å²) in [5.41, 5.74) is 3.41. The van der Waals surface area contributed by atoms with Crippen molar-refractivity contribution in [2.75, 3.05) is 5.32 Å². The fourth-order valence-corrected chi connectivity index (χ4v) is 4.36. The molecule has 3 nitrogen and oxygen atoms in total. The molecule has 1 aromatic heterocycles. The summed E-state index contributed by atoms with van der Waals surface area (Å²) in [4.78, 5) is 9.26. The monoisotopic (exact) mass is 271 g/mol. The van der Waals surface area contributed by atoms with Crippen LogP contribution in [0.5, 0.6) is 0 Å². The van der Waals surface area contributed by atoms with Crippen molar-refractivity contribution in [1.82, 2.24) is 9.97 Å². The lowest BCUT2D eigenvalue weighted by molar-refractivity contribution is -0.0299. The van der Waals surface area contributed by atoms with Gasteiger partial charge in [0.05, 0.1) is 0 Å². The summed E-state index contributed by atoms with van der Waals surface area (Å²) in [6, 6.07) is 0.517. The van der Waals surface area contributed by atoms with E-state index >= 15 is 0 Å². The zero-order chi connectivity index (χ0) is 13.6. The van der Waals surface area contributed by atoms with Gasteiger partial charge in [0.2, 0.25) is 5.95 Å². The van der Waals surface area contributed by atoms with Crippen molar-refractivity contribution in [3.8, 4) is 0 Å². The van der Waals surface area contributed by atoms with Gasteiger partial charge in [-0.1, -0.05) is 6.42 Å². The summed E-state index contributed by atoms with van der Waals surface area (Å²) < 4.78 is 0. The Labute approximate surface area is 121 Å². The Balaban J connectivity index is 1.39. The maximum atomic E-state index is 4.74. The van der Waals surface area contributed by atoms with E-state index in [0.717, 1.165) is 30.1 Å². The predicted molar refractivity (Wildman–Crippen MR) is 80.8 cm³/mol. The predicted octanol–water partition coefficient (Wildman–Crippen LogP) is 3.74. The second-order valence-corrected chi connectivity index (χ2v) is 7.33. The van der Waals surface area contributed by atoms with Crippen LogP contribution in [0, 0.1) is 11.3 Å². The maximum absolute atomic E-state index is 4.74. The molecule has 1 aromatic rings. The minimum atomic E-state index is 0.517. The highest BCUT2D eigenvalue weighted by Crippen LogP contribution is 2.59. The molecule has 1 N–H and O–H groups in total. The van der Waals surface area contributed by atoms with Crippen molar-refractivity contribution in [2.24, 2.45) is 11.3 Å². The standard InChI is InChI=1S/C17H25N3/c1-12(14-9-17(10-14)7-4-8-17)19-16-18-11-13-5-2-3-6-15(13)20-16/h11-12,14H,2-10H2,1H3,(H,18,19,20). The van der Waals surface area contributed by atoms with Crippen molar-refractivity contribution in [3.63, 3.8) is 0 Å². The van der Waals surface area contributed by atoms with Crippen LogP contribution in [0.25, 0.3) is 0 Å². The molecule has 1 atom stereocenters. The SMILES string of the molecule is CC(Nc1ncc2c(n1)CCCC2)C1CC2(CCC2)C1. The highest BCUT2D eigenvalue weighted by Gasteiger charge is 2.49. The van der Waals surface area contributed by atoms with Crippen molar-refractivity contribution in [2.45, 2.75) is 70.8 Å². The van der Waals surface area contributed by atoms with E-state index in [1.54, 1.807) is 0 Å². The Bertz CT molecular complexity index is 499. The molecule has 0 amide bonds. The zero-order valence-corrected chi connectivity index (χ0v) is 12.5. The van der Waals surface area contributed by atoms with Crippen LogP contribution in [0.3, 0.4) is 0 Å². The molecule has 1 heterocycles. The van der Waals surface area contributed by atoms with Crippen LogP contribution < -0.4 is 5.32 Å².